The maximum absolute atomic E-state index is 4.10. The van der Waals surface area contributed by atoms with Gasteiger partial charge >= 0.3 is 0 Å². The molecule has 2 aromatic heterocycles. The first-order chi connectivity index (χ1) is 6.83. The summed E-state index contributed by atoms with van der Waals surface area (Å²) in [4.78, 5) is 4.10. The van der Waals surface area contributed by atoms with Crippen molar-refractivity contribution < 1.29 is 0 Å². The Labute approximate surface area is 88.2 Å². The van der Waals surface area contributed by atoms with Gasteiger partial charge in [-0.2, -0.15) is 11.3 Å². The van der Waals surface area contributed by atoms with Gasteiger partial charge in [-0.05, 0) is 35.2 Å². The number of hydrogen-bond acceptors (Lipinski definition) is 2. The van der Waals surface area contributed by atoms with Crippen molar-refractivity contribution in [3.8, 4) is 0 Å². The van der Waals surface area contributed by atoms with E-state index in [1.807, 2.05) is 18.7 Å². The number of aryl methyl sites for hydroxylation is 1. The largest absolute Gasteiger partial charge is 0.330 e. The van der Waals surface area contributed by atoms with Crippen LogP contribution in [0.25, 0.3) is 0 Å². The monoisotopic (exact) mass is 206 g/mol. The van der Waals surface area contributed by atoms with Crippen LogP contribution in [0.4, 0.5) is 0 Å². The molecular weight excluding hydrogens is 192 g/mol. The van der Waals surface area contributed by atoms with Gasteiger partial charge in [0.1, 0.15) is 0 Å². The highest BCUT2D eigenvalue weighted by Crippen LogP contribution is 2.27. The lowest BCUT2D eigenvalue weighted by Crippen LogP contribution is -2.07. The van der Waals surface area contributed by atoms with E-state index >= 15 is 0 Å². The molecule has 0 aliphatic carbocycles. The van der Waals surface area contributed by atoms with Crippen molar-refractivity contribution >= 4 is 11.3 Å². The molecule has 0 amide bonds. The SMILES string of the molecule is CCC(c1cscc1C)n1ccnc1. The molecule has 1 unspecified atom stereocenters. The molecule has 2 heterocycles. The lowest BCUT2D eigenvalue weighted by atomic mass is 10.0. The first-order valence-corrected chi connectivity index (χ1v) is 5.77. The smallest absolute Gasteiger partial charge is 0.0951 e. The summed E-state index contributed by atoms with van der Waals surface area (Å²) in [5, 5.41) is 4.44. The molecule has 0 N–H and O–H groups in total. The fraction of sp³-hybridized carbons (Fsp3) is 0.364. The minimum absolute atomic E-state index is 0.448. The van der Waals surface area contributed by atoms with Crippen LogP contribution in [-0.4, -0.2) is 9.55 Å². The van der Waals surface area contributed by atoms with Crippen molar-refractivity contribution in [3.05, 3.63) is 40.6 Å². The number of imidazole rings is 1. The molecule has 0 aliphatic rings. The minimum Gasteiger partial charge on any atom is -0.330 e. The Morgan fingerprint density at radius 3 is 2.86 bits per heavy atom. The Balaban J connectivity index is 2.36. The molecule has 0 spiro atoms. The van der Waals surface area contributed by atoms with Gasteiger partial charge in [-0.25, -0.2) is 4.98 Å². The average Bonchev–Trinajstić information content (AvgIpc) is 2.80. The first-order valence-electron chi connectivity index (χ1n) is 4.83. The summed E-state index contributed by atoms with van der Waals surface area (Å²) in [6, 6.07) is 0.448. The summed E-state index contributed by atoms with van der Waals surface area (Å²) in [7, 11) is 0. The van der Waals surface area contributed by atoms with E-state index in [1.165, 1.54) is 11.1 Å². The molecule has 0 saturated carbocycles. The van der Waals surface area contributed by atoms with Crippen LogP contribution in [0.2, 0.25) is 0 Å². The predicted octanol–water partition coefficient (Wildman–Crippen LogP) is 3.25. The number of hydrogen-bond donors (Lipinski definition) is 0. The summed E-state index contributed by atoms with van der Waals surface area (Å²) in [5.41, 5.74) is 2.81. The fourth-order valence-electron chi connectivity index (χ4n) is 1.76. The molecule has 2 rings (SSSR count). The van der Waals surface area contributed by atoms with E-state index in [9.17, 15) is 0 Å². The quantitative estimate of drug-likeness (QED) is 0.753. The third-order valence-electron chi connectivity index (χ3n) is 2.53. The normalized spacial score (nSPS) is 13.0. The van der Waals surface area contributed by atoms with Gasteiger partial charge in [0.15, 0.2) is 0 Å². The molecule has 0 radical (unpaired) electrons. The van der Waals surface area contributed by atoms with Gasteiger partial charge < -0.3 is 4.57 Å². The van der Waals surface area contributed by atoms with Crippen molar-refractivity contribution in [1.29, 1.82) is 0 Å². The van der Waals surface area contributed by atoms with Crippen molar-refractivity contribution in [2.24, 2.45) is 0 Å². The standard InChI is InChI=1S/C11H14N2S/c1-3-11(13-5-4-12-8-13)10-7-14-6-9(10)2/h4-8,11H,3H2,1-2H3. The molecule has 0 bridgehead atoms. The van der Waals surface area contributed by atoms with Crippen molar-refractivity contribution in [1.82, 2.24) is 9.55 Å². The third-order valence-corrected chi connectivity index (χ3v) is 3.41. The van der Waals surface area contributed by atoms with E-state index in [4.69, 9.17) is 0 Å². The topological polar surface area (TPSA) is 17.8 Å². The molecule has 3 heteroatoms. The van der Waals surface area contributed by atoms with Gasteiger partial charge in [0.05, 0.1) is 12.4 Å². The van der Waals surface area contributed by atoms with Gasteiger partial charge in [-0.3, -0.25) is 0 Å². The molecule has 2 nitrogen and oxygen atoms in total. The predicted molar refractivity (Wildman–Crippen MR) is 59.7 cm³/mol. The Kier molecular flexibility index (Phi) is 2.68. The van der Waals surface area contributed by atoms with E-state index in [2.05, 4.69) is 34.2 Å². The highest BCUT2D eigenvalue weighted by Gasteiger charge is 2.13. The van der Waals surface area contributed by atoms with Crippen molar-refractivity contribution in [3.63, 3.8) is 0 Å². The van der Waals surface area contributed by atoms with Crippen LogP contribution >= 0.6 is 11.3 Å². The molecule has 1 atom stereocenters. The minimum atomic E-state index is 0.448. The maximum atomic E-state index is 4.10. The molecule has 0 fully saturated rings. The van der Waals surface area contributed by atoms with E-state index < -0.39 is 0 Å². The molecular formula is C11H14N2S. The van der Waals surface area contributed by atoms with Gasteiger partial charge in [0.2, 0.25) is 0 Å². The van der Waals surface area contributed by atoms with Crippen molar-refractivity contribution in [2.75, 3.05) is 0 Å². The second-order valence-corrected chi connectivity index (χ2v) is 4.19. The summed E-state index contributed by atoms with van der Waals surface area (Å²) in [5.74, 6) is 0. The van der Waals surface area contributed by atoms with Crippen LogP contribution in [-0.2, 0) is 0 Å². The Hall–Kier alpha value is -1.09. The van der Waals surface area contributed by atoms with Crippen LogP contribution in [0.1, 0.15) is 30.5 Å². The summed E-state index contributed by atoms with van der Waals surface area (Å²) in [6.45, 7) is 4.38. The van der Waals surface area contributed by atoms with Gasteiger partial charge in [0, 0.05) is 12.4 Å². The van der Waals surface area contributed by atoms with E-state index in [0.717, 1.165) is 6.42 Å². The lowest BCUT2D eigenvalue weighted by molar-refractivity contribution is 0.565. The molecule has 0 aromatic carbocycles. The fourth-order valence-corrected chi connectivity index (χ4v) is 2.65. The van der Waals surface area contributed by atoms with Crippen LogP contribution in [0.15, 0.2) is 29.5 Å². The second kappa shape index (κ2) is 3.96. The Morgan fingerprint density at radius 1 is 1.50 bits per heavy atom. The van der Waals surface area contributed by atoms with E-state index in [1.54, 1.807) is 11.3 Å². The molecule has 0 aliphatic heterocycles. The van der Waals surface area contributed by atoms with Crippen LogP contribution in [0, 0.1) is 6.92 Å². The van der Waals surface area contributed by atoms with Crippen LogP contribution < -0.4 is 0 Å². The van der Waals surface area contributed by atoms with Gasteiger partial charge in [0.25, 0.3) is 0 Å². The molecule has 74 valence electrons. The van der Waals surface area contributed by atoms with Gasteiger partial charge in [-0.1, -0.05) is 6.92 Å². The summed E-state index contributed by atoms with van der Waals surface area (Å²) >= 11 is 1.77. The number of nitrogens with zero attached hydrogens (tertiary/aromatic N) is 2. The summed E-state index contributed by atoms with van der Waals surface area (Å²) in [6.07, 6.45) is 6.87. The molecule has 14 heavy (non-hydrogen) atoms. The Bertz CT molecular complexity index is 389. The summed E-state index contributed by atoms with van der Waals surface area (Å²) < 4.78 is 2.18. The number of thiophene rings is 1. The van der Waals surface area contributed by atoms with Gasteiger partial charge in [-0.15, -0.1) is 0 Å². The second-order valence-electron chi connectivity index (χ2n) is 3.44. The van der Waals surface area contributed by atoms with E-state index in [0.29, 0.717) is 6.04 Å². The molecule has 0 saturated heterocycles. The zero-order valence-corrected chi connectivity index (χ0v) is 9.29. The highest BCUT2D eigenvalue weighted by atomic mass is 32.1. The van der Waals surface area contributed by atoms with Crippen molar-refractivity contribution in [2.45, 2.75) is 26.3 Å². The Morgan fingerprint density at radius 2 is 2.36 bits per heavy atom. The zero-order valence-electron chi connectivity index (χ0n) is 8.47. The maximum Gasteiger partial charge on any atom is 0.0951 e. The number of rotatable bonds is 3. The molecule has 2 aromatic rings. The number of aromatic nitrogens is 2. The van der Waals surface area contributed by atoms with Crippen LogP contribution in [0.5, 0.6) is 0 Å². The lowest BCUT2D eigenvalue weighted by Gasteiger charge is -2.16. The van der Waals surface area contributed by atoms with Crippen LogP contribution in [0.3, 0.4) is 0 Å². The van der Waals surface area contributed by atoms with E-state index in [-0.39, 0.29) is 0 Å². The highest BCUT2D eigenvalue weighted by molar-refractivity contribution is 7.08. The zero-order chi connectivity index (χ0) is 9.97. The first kappa shape index (κ1) is 9.46. The average molecular weight is 206 g/mol. The third kappa shape index (κ3) is 1.60.